The molecule has 2 aliphatic rings. The largest absolute Gasteiger partial charge is 0.355 e. The molecule has 1 saturated heterocycles. The molecule has 4 heteroatoms. The summed E-state index contributed by atoms with van der Waals surface area (Å²) in [6.07, 6.45) is 4.45. The van der Waals surface area contributed by atoms with Gasteiger partial charge < -0.3 is 15.5 Å². The van der Waals surface area contributed by atoms with E-state index in [2.05, 4.69) is 46.8 Å². The Balaban J connectivity index is 1.41. The Labute approximate surface area is 133 Å². The topological polar surface area (TPSA) is 44.4 Å². The molecule has 1 aromatic carbocycles. The van der Waals surface area contributed by atoms with Crippen LogP contribution in [0.3, 0.4) is 0 Å². The van der Waals surface area contributed by atoms with Crippen LogP contribution in [0.5, 0.6) is 0 Å². The molecule has 1 aromatic rings. The second kappa shape index (κ2) is 7.25. The Hall–Kier alpha value is -1.39. The summed E-state index contributed by atoms with van der Waals surface area (Å²) in [5, 5.41) is 6.48. The van der Waals surface area contributed by atoms with E-state index in [-0.39, 0.29) is 11.9 Å². The van der Waals surface area contributed by atoms with E-state index in [0.29, 0.717) is 0 Å². The van der Waals surface area contributed by atoms with Gasteiger partial charge in [0, 0.05) is 13.1 Å². The number of rotatable bonds is 4. The highest BCUT2D eigenvalue weighted by Gasteiger charge is 2.24. The molecule has 0 bridgehead atoms. The number of hydrogen-bond acceptors (Lipinski definition) is 3. The van der Waals surface area contributed by atoms with E-state index in [1.165, 1.54) is 37.1 Å². The van der Waals surface area contributed by atoms with Crippen LogP contribution in [0.1, 0.15) is 30.4 Å². The van der Waals surface area contributed by atoms with Crippen molar-refractivity contribution >= 4 is 5.91 Å². The molecule has 2 N–H and O–H groups in total. The van der Waals surface area contributed by atoms with Crippen LogP contribution >= 0.6 is 0 Å². The zero-order valence-corrected chi connectivity index (χ0v) is 13.5. The second-order valence-electron chi connectivity index (χ2n) is 6.73. The Bertz CT molecular complexity index is 509. The molecule has 0 spiro atoms. The Morgan fingerprint density at radius 1 is 1.27 bits per heavy atom. The van der Waals surface area contributed by atoms with Gasteiger partial charge in [-0.1, -0.05) is 24.3 Å². The van der Waals surface area contributed by atoms with E-state index in [9.17, 15) is 4.79 Å². The smallest absolute Gasteiger partial charge is 0.237 e. The highest BCUT2D eigenvalue weighted by molar-refractivity contribution is 5.82. The molecule has 2 aliphatic heterocycles. The van der Waals surface area contributed by atoms with Gasteiger partial charge in [0.15, 0.2) is 0 Å². The number of carbonyl (C=O) groups is 1. The molecule has 1 amide bonds. The molecule has 1 fully saturated rings. The van der Waals surface area contributed by atoms with E-state index in [1.54, 1.807) is 0 Å². The average Bonchev–Trinajstić information content (AvgIpc) is 2.56. The lowest BCUT2D eigenvalue weighted by Crippen LogP contribution is -2.48. The fourth-order valence-electron chi connectivity index (χ4n) is 3.51. The zero-order chi connectivity index (χ0) is 15.4. The molecule has 0 saturated carbocycles. The molecule has 2 heterocycles. The van der Waals surface area contributed by atoms with E-state index in [1.807, 2.05) is 0 Å². The number of nitrogens with zero attached hydrogens (tertiary/aromatic N) is 1. The molecule has 0 aromatic heterocycles. The number of likely N-dealkylation sites (tertiary alicyclic amines) is 1. The van der Waals surface area contributed by atoms with Crippen molar-refractivity contribution in [1.29, 1.82) is 0 Å². The third-order valence-corrected chi connectivity index (χ3v) is 5.09. The molecule has 0 aliphatic carbocycles. The summed E-state index contributed by atoms with van der Waals surface area (Å²) in [6, 6.07) is 8.31. The highest BCUT2D eigenvalue weighted by atomic mass is 16.2. The first-order valence-corrected chi connectivity index (χ1v) is 8.49. The molecule has 0 radical (unpaired) electrons. The number of nitrogens with one attached hydrogen (secondary N) is 2. The van der Waals surface area contributed by atoms with E-state index in [4.69, 9.17) is 0 Å². The lowest BCUT2D eigenvalue weighted by molar-refractivity contribution is -0.123. The first-order valence-electron chi connectivity index (χ1n) is 8.49. The summed E-state index contributed by atoms with van der Waals surface area (Å²) in [5.74, 6) is 0.930. The fourth-order valence-corrected chi connectivity index (χ4v) is 3.51. The first kappa shape index (κ1) is 15.5. The van der Waals surface area contributed by atoms with Crippen molar-refractivity contribution in [2.24, 2.45) is 5.92 Å². The fraction of sp³-hybridized carbons (Fsp3) is 0.611. The predicted molar refractivity (Wildman–Crippen MR) is 88.6 cm³/mol. The highest BCUT2D eigenvalue weighted by Crippen LogP contribution is 2.19. The number of fused-ring (bicyclic) bond motifs is 1. The van der Waals surface area contributed by atoms with Crippen molar-refractivity contribution in [2.75, 3.05) is 26.7 Å². The van der Waals surface area contributed by atoms with Crippen molar-refractivity contribution < 1.29 is 4.79 Å². The molecular formula is C18H27N3O. The van der Waals surface area contributed by atoms with Crippen molar-refractivity contribution in [3.8, 4) is 0 Å². The van der Waals surface area contributed by atoms with Crippen LogP contribution in [0.2, 0.25) is 0 Å². The van der Waals surface area contributed by atoms with Gasteiger partial charge in [-0.25, -0.2) is 0 Å². The number of benzene rings is 1. The zero-order valence-electron chi connectivity index (χ0n) is 13.5. The number of amides is 1. The SMILES string of the molecule is CN1CCC(CCNC(=O)C2Cc3ccccc3CN2)CC1. The van der Waals surface area contributed by atoms with Gasteiger partial charge in [0.1, 0.15) is 0 Å². The van der Waals surface area contributed by atoms with E-state index in [0.717, 1.165) is 31.8 Å². The van der Waals surface area contributed by atoms with Gasteiger partial charge in [0.25, 0.3) is 0 Å². The summed E-state index contributed by atoms with van der Waals surface area (Å²) >= 11 is 0. The minimum Gasteiger partial charge on any atom is -0.355 e. The Morgan fingerprint density at radius 3 is 2.77 bits per heavy atom. The van der Waals surface area contributed by atoms with Crippen LogP contribution < -0.4 is 10.6 Å². The van der Waals surface area contributed by atoms with Crippen molar-refractivity contribution in [1.82, 2.24) is 15.5 Å². The number of hydrogen-bond donors (Lipinski definition) is 2. The van der Waals surface area contributed by atoms with Crippen molar-refractivity contribution in [3.63, 3.8) is 0 Å². The number of piperidine rings is 1. The standard InChI is InChI=1S/C18H27N3O/c1-21-10-7-14(8-11-21)6-9-19-18(22)17-12-15-4-2-3-5-16(15)13-20-17/h2-5,14,17,20H,6-13H2,1H3,(H,19,22). The minimum atomic E-state index is -0.0765. The normalized spacial score (nSPS) is 23.0. The first-order chi connectivity index (χ1) is 10.7. The second-order valence-corrected chi connectivity index (χ2v) is 6.73. The molecule has 1 unspecified atom stereocenters. The van der Waals surface area contributed by atoms with Gasteiger partial charge >= 0.3 is 0 Å². The molecule has 3 rings (SSSR count). The lowest BCUT2D eigenvalue weighted by atomic mass is 9.93. The van der Waals surface area contributed by atoms with E-state index >= 15 is 0 Å². The monoisotopic (exact) mass is 301 g/mol. The minimum absolute atomic E-state index is 0.0765. The Kier molecular flexibility index (Phi) is 5.11. The summed E-state index contributed by atoms with van der Waals surface area (Å²) in [6.45, 7) is 4.00. The maximum absolute atomic E-state index is 12.3. The maximum Gasteiger partial charge on any atom is 0.237 e. The van der Waals surface area contributed by atoms with Gasteiger partial charge in [-0.3, -0.25) is 4.79 Å². The quantitative estimate of drug-likeness (QED) is 0.887. The van der Waals surface area contributed by atoms with Gasteiger partial charge in [-0.2, -0.15) is 0 Å². The summed E-state index contributed by atoms with van der Waals surface area (Å²) in [7, 11) is 2.19. The molecule has 120 valence electrons. The van der Waals surface area contributed by atoms with Crippen LogP contribution in [0.25, 0.3) is 0 Å². The molecule has 1 atom stereocenters. The maximum atomic E-state index is 12.3. The van der Waals surface area contributed by atoms with Crippen LogP contribution in [-0.4, -0.2) is 43.5 Å². The van der Waals surface area contributed by atoms with Crippen LogP contribution in [-0.2, 0) is 17.8 Å². The van der Waals surface area contributed by atoms with E-state index < -0.39 is 0 Å². The number of carbonyl (C=O) groups excluding carboxylic acids is 1. The molecule has 4 nitrogen and oxygen atoms in total. The van der Waals surface area contributed by atoms with Crippen LogP contribution in [0, 0.1) is 5.92 Å². The Morgan fingerprint density at radius 2 is 2.00 bits per heavy atom. The van der Waals surface area contributed by atoms with Crippen molar-refractivity contribution in [3.05, 3.63) is 35.4 Å². The lowest BCUT2D eigenvalue weighted by Gasteiger charge is -2.29. The van der Waals surface area contributed by atoms with Crippen LogP contribution in [0.4, 0.5) is 0 Å². The van der Waals surface area contributed by atoms with Gasteiger partial charge in [-0.05, 0) is 62.9 Å². The summed E-state index contributed by atoms with van der Waals surface area (Å²) in [4.78, 5) is 14.7. The third-order valence-electron chi connectivity index (χ3n) is 5.09. The van der Waals surface area contributed by atoms with Crippen molar-refractivity contribution in [2.45, 2.75) is 38.3 Å². The summed E-state index contributed by atoms with van der Waals surface area (Å²) in [5.41, 5.74) is 2.62. The third kappa shape index (κ3) is 3.87. The predicted octanol–water partition coefficient (Wildman–Crippen LogP) is 1.55. The van der Waals surface area contributed by atoms with Crippen LogP contribution in [0.15, 0.2) is 24.3 Å². The molecular weight excluding hydrogens is 274 g/mol. The summed E-state index contributed by atoms with van der Waals surface area (Å²) < 4.78 is 0. The van der Waals surface area contributed by atoms with Gasteiger partial charge in [-0.15, -0.1) is 0 Å². The van der Waals surface area contributed by atoms with Gasteiger partial charge in [0.05, 0.1) is 6.04 Å². The van der Waals surface area contributed by atoms with Gasteiger partial charge in [0.2, 0.25) is 5.91 Å². The average molecular weight is 301 g/mol. The molecule has 22 heavy (non-hydrogen) atoms.